The molecular formula is C16H24N2O3S. The third kappa shape index (κ3) is 3.56. The van der Waals surface area contributed by atoms with Crippen LogP contribution in [-0.4, -0.2) is 48.5 Å². The number of carbonyl (C=O) groups is 1. The lowest BCUT2D eigenvalue weighted by Crippen LogP contribution is -2.47. The molecule has 0 N–H and O–H groups in total. The monoisotopic (exact) mass is 324 g/mol. The van der Waals surface area contributed by atoms with Gasteiger partial charge in [-0.1, -0.05) is 30.3 Å². The topological polar surface area (TPSA) is 57.7 Å². The molecule has 5 nitrogen and oxygen atoms in total. The van der Waals surface area contributed by atoms with Crippen molar-refractivity contribution in [2.45, 2.75) is 45.2 Å². The van der Waals surface area contributed by atoms with Crippen LogP contribution in [-0.2, 0) is 10.2 Å². The minimum Gasteiger partial charge on any atom is -0.294 e. The van der Waals surface area contributed by atoms with Crippen LogP contribution in [0, 0.1) is 0 Å². The van der Waals surface area contributed by atoms with E-state index >= 15 is 0 Å². The van der Waals surface area contributed by atoms with Crippen LogP contribution in [0.4, 0.5) is 0 Å². The Morgan fingerprint density at radius 1 is 1.32 bits per heavy atom. The number of rotatable bonds is 6. The summed E-state index contributed by atoms with van der Waals surface area (Å²) in [6.45, 7) is 4.18. The Bertz CT molecular complexity index is 614. The lowest BCUT2D eigenvalue weighted by atomic mass is 10.0. The van der Waals surface area contributed by atoms with E-state index in [1.807, 2.05) is 32.0 Å². The Hall–Kier alpha value is -1.24. The van der Waals surface area contributed by atoms with Gasteiger partial charge in [0.15, 0.2) is 5.78 Å². The number of Topliss-reactive ketones (excluding diaryl/α,β-unsaturated/α-hetero) is 1. The maximum atomic E-state index is 12.6. The second kappa shape index (κ2) is 6.89. The summed E-state index contributed by atoms with van der Waals surface area (Å²) in [4.78, 5) is 12.3. The van der Waals surface area contributed by atoms with Crippen molar-refractivity contribution in [2.75, 3.05) is 13.6 Å². The summed E-state index contributed by atoms with van der Waals surface area (Å²) in [7, 11) is -1.91. The predicted molar refractivity (Wildman–Crippen MR) is 86.9 cm³/mol. The molecule has 1 aliphatic heterocycles. The molecule has 122 valence electrons. The van der Waals surface area contributed by atoms with Gasteiger partial charge in [0.1, 0.15) is 0 Å². The van der Waals surface area contributed by atoms with Gasteiger partial charge in [-0.3, -0.25) is 4.79 Å². The van der Waals surface area contributed by atoms with Crippen LogP contribution in [0.3, 0.4) is 0 Å². The molecule has 2 rings (SSSR count). The van der Waals surface area contributed by atoms with Gasteiger partial charge < -0.3 is 0 Å². The van der Waals surface area contributed by atoms with Gasteiger partial charge in [0, 0.05) is 37.7 Å². The van der Waals surface area contributed by atoms with Crippen molar-refractivity contribution in [3.8, 4) is 0 Å². The fourth-order valence-electron chi connectivity index (χ4n) is 2.70. The molecule has 1 aliphatic rings. The average molecular weight is 324 g/mol. The van der Waals surface area contributed by atoms with E-state index in [9.17, 15) is 13.2 Å². The van der Waals surface area contributed by atoms with E-state index in [0.717, 1.165) is 12.8 Å². The van der Waals surface area contributed by atoms with Gasteiger partial charge >= 0.3 is 0 Å². The molecule has 0 radical (unpaired) electrons. The van der Waals surface area contributed by atoms with Crippen molar-refractivity contribution < 1.29 is 13.2 Å². The molecule has 1 aromatic rings. The maximum absolute atomic E-state index is 12.6. The Morgan fingerprint density at radius 2 is 1.95 bits per heavy atom. The average Bonchev–Trinajstić information content (AvgIpc) is 2.96. The smallest absolute Gasteiger partial charge is 0.282 e. The van der Waals surface area contributed by atoms with Crippen molar-refractivity contribution in [3.63, 3.8) is 0 Å². The van der Waals surface area contributed by atoms with Gasteiger partial charge in [-0.15, -0.1) is 0 Å². The van der Waals surface area contributed by atoms with Crippen molar-refractivity contribution in [1.82, 2.24) is 8.61 Å². The zero-order valence-corrected chi connectivity index (χ0v) is 14.2. The van der Waals surface area contributed by atoms with Gasteiger partial charge in [-0.2, -0.15) is 17.0 Å². The second-order valence-corrected chi connectivity index (χ2v) is 7.96. The lowest BCUT2D eigenvalue weighted by Gasteiger charge is -2.30. The van der Waals surface area contributed by atoms with E-state index in [1.54, 1.807) is 19.2 Å². The molecule has 1 atom stereocenters. The third-order valence-electron chi connectivity index (χ3n) is 4.23. The van der Waals surface area contributed by atoms with E-state index in [4.69, 9.17) is 0 Å². The van der Waals surface area contributed by atoms with Crippen LogP contribution in [0.25, 0.3) is 0 Å². The number of ketones is 1. The van der Waals surface area contributed by atoms with Gasteiger partial charge in [-0.05, 0) is 26.7 Å². The Kier molecular flexibility index (Phi) is 5.36. The summed E-state index contributed by atoms with van der Waals surface area (Å²) >= 11 is 0. The zero-order valence-electron chi connectivity index (χ0n) is 13.4. The van der Waals surface area contributed by atoms with Crippen LogP contribution in [0.15, 0.2) is 30.3 Å². The van der Waals surface area contributed by atoms with E-state index in [1.165, 1.54) is 8.61 Å². The van der Waals surface area contributed by atoms with E-state index in [-0.39, 0.29) is 24.3 Å². The van der Waals surface area contributed by atoms with Crippen LogP contribution in [0.1, 0.15) is 43.5 Å². The number of benzene rings is 1. The molecular weight excluding hydrogens is 300 g/mol. The minimum atomic E-state index is -3.50. The SMILES string of the molecule is CC(C)N(C)S(=O)(=O)N1CCC[C@@H]1CC(=O)c1ccccc1. The highest BCUT2D eigenvalue weighted by atomic mass is 32.2. The molecule has 22 heavy (non-hydrogen) atoms. The summed E-state index contributed by atoms with van der Waals surface area (Å²) in [6.07, 6.45) is 1.79. The maximum Gasteiger partial charge on any atom is 0.282 e. The molecule has 0 aromatic heterocycles. The summed E-state index contributed by atoms with van der Waals surface area (Å²) in [5.74, 6) is -0.0000926. The summed E-state index contributed by atoms with van der Waals surface area (Å²) in [5.41, 5.74) is 0.643. The van der Waals surface area contributed by atoms with Crippen LogP contribution < -0.4 is 0 Å². The highest BCUT2D eigenvalue weighted by molar-refractivity contribution is 7.86. The van der Waals surface area contributed by atoms with Crippen LogP contribution in [0.2, 0.25) is 0 Å². The van der Waals surface area contributed by atoms with Crippen molar-refractivity contribution in [2.24, 2.45) is 0 Å². The van der Waals surface area contributed by atoms with Gasteiger partial charge in [0.05, 0.1) is 0 Å². The largest absolute Gasteiger partial charge is 0.294 e. The first-order chi connectivity index (χ1) is 10.3. The number of nitrogens with zero attached hydrogens (tertiary/aromatic N) is 2. The van der Waals surface area contributed by atoms with E-state index in [2.05, 4.69) is 0 Å². The fourth-order valence-corrected chi connectivity index (χ4v) is 4.48. The Labute approximate surface area is 133 Å². The summed E-state index contributed by atoms with van der Waals surface area (Å²) in [6, 6.07) is 8.72. The first-order valence-electron chi connectivity index (χ1n) is 7.67. The summed E-state index contributed by atoms with van der Waals surface area (Å²) < 4.78 is 28.2. The summed E-state index contributed by atoms with van der Waals surface area (Å²) in [5, 5.41) is 0. The van der Waals surface area contributed by atoms with Crippen molar-refractivity contribution in [3.05, 3.63) is 35.9 Å². The van der Waals surface area contributed by atoms with Gasteiger partial charge in [-0.25, -0.2) is 0 Å². The molecule has 0 saturated carbocycles. The lowest BCUT2D eigenvalue weighted by molar-refractivity contribution is 0.0960. The standard InChI is InChI=1S/C16H24N2O3S/c1-13(2)17(3)22(20,21)18-11-7-10-15(18)12-16(19)14-8-5-4-6-9-14/h4-6,8-9,13,15H,7,10-12H2,1-3H3/t15-/m1/s1. The van der Waals surface area contributed by atoms with Crippen molar-refractivity contribution in [1.29, 1.82) is 0 Å². The molecule has 0 aliphatic carbocycles. The van der Waals surface area contributed by atoms with E-state index < -0.39 is 10.2 Å². The Balaban J connectivity index is 2.13. The van der Waals surface area contributed by atoms with Gasteiger partial charge in [0.25, 0.3) is 10.2 Å². The van der Waals surface area contributed by atoms with Crippen LogP contribution >= 0.6 is 0 Å². The molecule has 0 amide bonds. The third-order valence-corrected chi connectivity index (χ3v) is 6.45. The highest BCUT2D eigenvalue weighted by Crippen LogP contribution is 2.26. The van der Waals surface area contributed by atoms with Gasteiger partial charge in [0.2, 0.25) is 0 Å². The number of hydrogen-bond acceptors (Lipinski definition) is 3. The Morgan fingerprint density at radius 3 is 2.55 bits per heavy atom. The molecule has 1 aromatic carbocycles. The normalized spacial score (nSPS) is 20.0. The minimum absolute atomic E-state index is 0.0000926. The zero-order chi connectivity index (χ0) is 16.3. The fraction of sp³-hybridized carbons (Fsp3) is 0.562. The molecule has 1 heterocycles. The number of carbonyl (C=O) groups excluding carboxylic acids is 1. The predicted octanol–water partition coefficient (Wildman–Crippen LogP) is 2.31. The molecule has 1 fully saturated rings. The first kappa shape index (κ1) is 17.1. The first-order valence-corrected chi connectivity index (χ1v) is 9.06. The molecule has 6 heteroatoms. The number of hydrogen-bond donors (Lipinski definition) is 0. The molecule has 0 spiro atoms. The molecule has 1 saturated heterocycles. The molecule has 0 unspecified atom stereocenters. The van der Waals surface area contributed by atoms with Crippen LogP contribution in [0.5, 0.6) is 0 Å². The second-order valence-electron chi connectivity index (χ2n) is 6.02. The highest BCUT2D eigenvalue weighted by Gasteiger charge is 2.38. The quantitative estimate of drug-likeness (QED) is 0.755. The van der Waals surface area contributed by atoms with E-state index in [0.29, 0.717) is 12.1 Å². The molecule has 0 bridgehead atoms. The van der Waals surface area contributed by atoms with Crippen molar-refractivity contribution >= 4 is 16.0 Å².